The molecule has 0 saturated carbocycles. The maximum absolute atomic E-state index is 12.2. The number of pyridine rings is 1. The van der Waals surface area contributed by atoms with E-state index in [1.165, 1.54) is 6.20 Å². The summed E-state index contributed by atoms with van der Waals surface area (Å²) in [5.41, 5.74) is 2.05. The number of aromatic nitrogens is 3. The van der Waals surface area contributed by atoms with Gasteiger partial charge in [-0.2, -0.15) is 5.10 Å². The van der Waals surface area contributed by atoms with Crippen molar-refractivity contribution in [3.8, 4) is 0 Å². The first-order valence-corrected chi connectivity index (χ1v) is 6.39. The van der Waals surface area contributed by atoms with Gasteiger partial charge in [0.25, 0.3) is 5.91 Å². The van der Waals surface area contributed by atoms with Crippen molar-refractivity contribution in [1.82, 2.24) is 15.2 Å². The van der Waals surface area contributed by atoms with E-state index in [2.05, 4.69) is 20.5 Å². The van der Waals surface area contributed by atoms with Gasteiger partial charge in [0.2, 0.25) is 0 Å². The van der Waals surface area contributed by atoms with Crippen LogP contribution in [0, 0.1) is 6.92 Å². The Morgan fingerprint density at radius 3 is 2.95 bits per heavy atom. The summed E-state index contributed by atoms with van der Waals surface area (Å²) >= 11 is 6.10. The molecule has 5 nitrogen and oxygen atoms in total. The van der Waals surface area contributed by atoms with Crippen LogP contribution >= 0.6 is 11.6 Å². The third kappa shape index (κ3) is 2.12. The Morgan fingerprint density at radius 2 is 2.20 bits per heavy atom. The number of fused-ring (bicyclic) bond motifs is 1. The Labute approximate surface area is 120 Å². The van der Waals surface area contributed by atoms with Gasteiger partial charge in [-0.15, -0.1) is 0 Å². The lowest BCUT2D eigenvalue weighted by Gasteiger charge is -2.09. The number of amides is 1. The SMILES string of the molecule is Cc1c(C(=O)Nc2ccn[nH]2)cnc2c(Cl)cccc12. The number of nitrogens with one attached hydrogen (secondary N) is 2. The number of carbonyl (C=O) groups is 1. The second-order valence-electron chi connectivity index (χ2n) is 4.36. The van der Waals surface area contributed by atoms with E-state index in [9.17, 15) is 4.79 Å². The van der Waals surface area contributed by atoms with Crippen molar-refractivity contribution >= 4 is 34.2 Å². The van der Waals surface area contributed by atoms with Crippen molar-refractivity contribution in [2.75, 3.05) is 5.32 Å². The predicted octanol–water partition coefficient (Wildman–Crippen LogP) is 3.17. The summed E-state index contributed by atoms with van der Waals surface area (Å²) in [5.74, 6) is 0.307. The van der Waals surface area contributed by atoms with E-state index in [1.54, 1.807) is 18.3 Å². The highest BCUT2D eigenvalue weighted by Crippen LogP contribution is 2.25. The van der Waals surface area contributed by atoms with Crippen LogP contribution in [0.5, 0.6) is 0 Å². The molecular weight excluding hydrogens is 276 g/mol. The normalized spacial score (nSPS) is 10.7. The predicted molar refractivity (Wildman–Crippen MR) is 78.0 cm³/mol. The molecule has 0 saturated heterocycles. The van der Waals surface area contributed by atoms with Crippen LogP contribution in [0.4, 0.5) is 5.82 Å². The zero-order valence-corrected chi connectivity index (χ0v) is 11.4. The second kappa shape index (κ2) is 4.94. The molecule has 0 fully saturated rings. The molecule has 2 aromatic heterocycles. The third-order valence-electron chi connectivity index (χ3n) is 3.11. The fourth-order valence-electron chi connectivity index (χ4n) is 2.06. The Bertz CT molecular complexity index is 783. The molecule has 100 valence electrons. The molecule has 0 aliphatic heterocycles. The number of benzene rings is 1. The number of halogens is 1. The zero-order chi connectivity index (χ0) is 14.1. The number of para-hydroxylation sites is 1. The zero-order valence-electron chi connectivity index (χ0n) is 10.6. The maximum Gasteiger partial charge on any atom is 0.258 e. The molecule has 0 radical (unpaired) electrons. The molecule has 0 aliphatic rings. The molecule has 0 bridgehead atoms. The van der Waals surface area contributed by atoms with E-state index in [4.69, 9.17) is 11.6 Å². The summed E-state index contributed by atoms with van der Waals surface area (Å²) < 4.78 is 0. The third-order valence-corrected chi connectivity index (χ3v) is 3.42. The van der Waals surface area contributed by atoms with Crippen LogP contribution in [0.2, 0.25) is 5.02 Å². The van der Waals surface area contributed by atoms with Gasteiger partial charge in [0.1, 0.15) is 5.82 Å². The fourth-order valence-corrected chi connectivity index (χ4v) is 2.29. The first-order chi connectivity index (χ1) is 9.66. The Morgan fingerprint density at radius 1 is 1.35 bits per heavy atom. The molecular formula is C14H11ClN4O. The van der Waals surface area contributed by atoms with Crippen LogP contribution in [0.3, 0.4) is 0 Å². The van der Waals surface area contributed by atoms with E-state index < -0.39 is 0 Å². The van der Waals surface area contributed by atoms with Gasteiger partial charge < -0.3 is 5.32 Å². The molecule has 0 atom stereocenters. The molecule has 0 spiro atoms. The highest BCUT2D eigenvalue weighted by molar-refractivity contribution is 6.35. The maximum atomic E-state index is 12.2. The Kier molecular flexibility index (Phi) is 3.12. The van der Waals surface area contributed by atoms with Crippen LogP contribution in [0.15, 0.2) is 36.7 Å². The van der Waals surface area contributed by atoms with Gasteiger partial charge >= 0.3 is 0 Å². The first kappa shape index (κ1) is 12.6. The summed E-state index contributed by atoms with van der Waals surface area (Å²) in [5, 5.41) is 10.6. The minimum atomic E-state index is -0.235. The van der Waals surface area contributed by atoms with Gasteiger partial charge in [-0.25, -0.2) is 0 Å². The summed E-state index contributed by atoms with van der Waals surface area (Å²) in [6.45, 7) is 1.88. The van der Waals surface area contributed by atoms with E-state index in [0.29, 0.717) is 21.9 Å². The van der Waals surface area contributed by atoms with E-state index in [1.807, 2.05) is 19.1 Å². The average molecular weight is 287 g/mol. The summed E-state index contributed by atoms with van der Waals surface area (Å²) in [6, 6.07) is 7.20. The smallest absolute Gasteiger partial charge is 0.258 e. The average Bonchev–Trinajstić information content (AvgIpc) is 2.93. The number of aromatic amines is 1. The standard InChI is InChI=1S/C14H11ClN4O/c1-8-9-3-2-4-11(15)13(9)16-7-10(8)14(20)18-12-5-6-17-19-12/h2-7H,1H3,(H2,17,18,19,20). The number of hydrogen-bond donors (Lipinski definition) is 2. The molecule has 3 rings (SSSR count). The van der Waals surface area contributed by atoms with Crippen LogP contribution in [-0.2, 0) is 0 Å². The number of nitrogens with zero attached hydrogens (tertiary/aromatic N) is 2. The minimum Gasteiger partial charge on any atom is -0.307 e. The van der Waals surface area contributed by atoms with Crippen LogP contribution in [-0.4, -0.2) is 21.1 Å². The van der Waals surface area contributed by atoms with Crippen LogP contribution in [0.25, 0.3) is 10.9 Å². The Balaban J connectivity index is 2.04. The van der Waals surface area contributed by atoms with Crippen LogP contribution < -0.4 is 5.32 Å². The quantitative estimate of drug-likeness (QED) is 0.760. The summed E-state index contributed by atoms with van der Waals surface area (Å²) in [6.07, 6.45) is 3.11. The van der Waals surface area contributed by atoms with Gasteiger partial charge in [0, 0.05) is 17.6 Å². The van der Waals surface area contributed by atoms with Crippen LogP contribution in [0.1, 0.15) is 15.9 Å². The van der Waals surface area contributed by atoms with Crippen molar-refractivity contribution < 1.29 is 4.79 Å². The number of aryl methyl sites for hydroxylation is 1. The lowest BCUT2D eigenvalue weighted by Crippen LogP contribution is -2.14. The van der Waals surface area contributed by atoms with E-state index in [-0.39, 0.29) is 5.91 Å². The number of carbonyl (C=O) groups excluding carboxylic acids is 1. The van der Waals surface area contributed by atoms with Crippen molar-refractivity contribution in [3.05, 3.63) is 52.8 Å². The molecule has 2 N–H and O–H groups in total. The number of rotatable bonds is 2. The monoisotopic (exact) mass is 286 g/mol. The van der Waals surface area contributed by atoms with Crippen molar-refractivity contribution in [3.63, 3.8) is 0 Å². The van der Waals surface area contributed by atoms with Gasteiger partial charge in [0.15, 0.2) is 0 Å². The molecule has 0 aliphatic carbocycles. The highest BCUT2D eigenvalue weighted by atomic mass is 35.5. The summed E-state index contributed by atoms with van der Waals surface area (Å²) in [7, 11) is 0. The fraction of sp³-hybridized carbons (Fsp3) is 0.0714. The minimum absolute atomic E-state index is 0.235. The van der Waals surface area contributed by atoms with Crippen molar-refractivity contribution in [1.29, 1.82) is 0 Å². The lowest BCUT2D eigenvalue weighted by atomic mass is 10.0. The number of hydrogen-bond acceptors (Lipinski definition) is 3. The van der Waals surface area contributed by atoms with E-state index in [0.717, 1.165) is 10.9 Å². The number of anilines is 1. The van der Waals surface area contributed by atoms with Gasteiger partial charge in [-0.05, 0) is 18.6 Å². The van der Waals surface area contributed by atoms with Crippen molar-refractivity contribution in [2.24, 2.45) is 0 Å². The van der Waals surface area contributed by atoms with E-state index >= 15 is 0 Å². The molecule has 1 amide bonds. The molecule has 1 aromatic carbocycles. The molecule has 0 unspecified atom stereocenters. The Hall–Kier alpha value is -2.40. The van der Waals surface area contributed by atoms with Gasteiger partial charge in [0.05, 0.1) is 22.3 Å². The highest BCUT2D eigenvalue weighted by Gasteiger charge is 2.14. The molecule has 2 heterocycles. The molecule has 3 aromatic rings. The van der Waals surface area contributed by atoms with Gasteiger partial charge in [-0.3, -0.25) is 14.9 Å². The number of H-pyrrole nitrogens is 1. The topological polar surface area (TPSA) is 70.7 Å². The molecule has 6 heteroatoms. The molecule has 20 heavy (non-hydrogen) atoms. The largest absolute Gasteiger partial charge is 0.307 e. The summed E-state index contributed by atoms with van der Waals surface area (Å²) in [4.78, 5) is 16.5. The lowest BCUT2D eigenvalue weighted by molar-refractivity contribution is 0.102. The van der Waals surface area contributed by atoms with Crippen molar-refractivity contribution in [2.45, 2.75) is 6.92 Å². The first-order valence-electron chi connectivity index (χ1n) is 6.01. The second-order valence-corrected chi connectivity index (χ2v) is 4.76. The van der Waals surface area contributed by atoms with Gasteiger partial charge in [-0.1, -0.05) is 23.7 Å².